The summed E-state index contributed by atoms with van der Waals surface area (Å²) in [5.74, 6) is -0.359. The van der Waals surface area contributed by atoms with Crippen LogP contribution in [0.1, 0.15) is 47.3 Å². The fourth-order valence-electron chi connectivity index (χ4n) is 4.60. The first kappa shape index (κ1) is 23.5. The highest BCUT2D eigenvalue weighted by molar-refractivity contribution is 5.92. The number of carboxylic acids is 1. The highest BCUT2D eigenvalue weighted by atomic mass is 16.4. The normalized spacial score (nSPS) is 17.9. The van der Waals surface area contributed by atoms with Gasteiger partial charge in [0.05, 0.1) is 5.92 Å². The van der Waals surface area contributed by atoms with Gasteiger partial charge in [-0.15, -0.1) is 0 Å². The van der Waals surface area contributed by atoms with Gasteiger partial charge >= 0.3 is 5.97 Å². The molecule has 1 aliphatic carbocycles. The maximum absolute atomic E-state index is 13.0. The molecule has 1 aromatic carbocycles. The molecule has 1 aliphatic rings. The number of rotatable bonds is 7. The summed E-state index contributed by atoms with van der Waals surface area (Å²) in [7, 11) is 1.70. The van der Waals surface area contributed by atoms with Crippen molar-refractivity contribution in [1.82, 2.24) is 19.4 Å². The number of carbonyl (C=O) groups is 2. The fraction of sp³-hybridized carbons (Fsp3) is 0.385. The molecule has 0 unspecified atom stereocenters. The van der Waals surface area contributed by atoms with E-state index in [1.165, 1.54) is 4.57 Å². The van der Waals surface area contributed by atoms with Crippen molar-refractivity contribution in [2.24, 2.45) is 18.9 Å². The van der Waals surface area contributed by atoms with Crippen LogP contribution in [0.2, 0.25) is 0 Å². The second-order valence-corrected chi connectivity index (χ2v) is 9.16. The van der Waals surface area contributed by atoms with Crippen LogP contribution in [0.4, 0.5) is 0 Å². The first-order valence-corrected chi connectivity index (χ1v) is 11.6. The summed E-state index contributed by atoms with van der Waals surface area (Å²) >= 11 is 0. The molecule has 1 saturated carbocycles. The molecule has 178 valence electrons. The van der Waals surface area contributed by atoms with Gasteiger partial charge in [0.1, 0.15) is 11.5 Å². The maximum Gasteiger partial charge on any atom is 0.306 e. The molecule has 0 saturated heterocycles. The molecule has 34 heavy (non-hydrogen) atoms. The number of aliphatic carboxylic acids is 1. The van der Waals surface area contributed by atoms with Crippen LogP contribution in [0.5, 0.6) is 0 Å². The Morgan fingerprint density at radius 3 is 2.47 bits per heavy atom. The molecule has 0 spiro atoms. The van der Waals surface area contributed by atoms with Crippen LogP contribution in [-0.2, 0) is 18.4 Å². The Kier molecular flexibility index (Phi) is 6.95. The molecule has 3 aromatic rings. The van der Waals surface area contributed by atoms with Crippen molar-refractivity contribution in [3.63, 3.8) is 0 Å². The first-order valence-electron chi connectivity index (χ1n) is 11.6. The van der Waals surface area contributed by atoms with Gasteiger partial charge in [-0.3, -0.25) is 14.4 Å². The monoisotopic (exact) mass is 462 g/mol. The van der Waals surface area contributed by atoms with Gasteiger partial charge in [-0.25, -0.2) is 4.98 Å². The summed E-state index contributed by atoms with van der Waals surface area (Å²) in [5.41, 5.74) is 2.70. The van der Waals surface area contributed by atoms with Crippen LogP contribution in [0, 0.1) is 18.8 Å². The molecular weight excluding hydrogens is 432 g/mol. The van der Waals surface area contributed by atoms with E-state index in [-0.39, 0.29) is 23.3 Å². The summed E-state index contributed by atoms with van der Waals surface area (Å²) in [6.07, 6.45) is 6.38. The third-order valence-corrected chi connectivity index (χ3v) is 6.57. The van der Waals surface area contributed by atoms with E-state index in [1.54, 1.807) is 32.4 Å². The van der Waals surface area contributed by atoms with E-state index in [4.69, 9.17) is 5.11 Å². The minimum atomic E-state index is -0.729. The van der Waals surface area contributed by atoms with Gasteiger partial charge in [0.15, 0.2) is 0 Å². The number of hydrogen-bond acceptors (Lipinski definition) is 4. The number of nitrogens with one attached hydrogen (secondary N) is 1. The molecule has 2 heterocycles. The molecule has 1 fully saturated rings. The standard InChI is InChI=1S/C26H30N4O4/c1-17-12-21(15-29(2)25(17)32)23-28-22(16-30(23)14-19-6-4-3-5-7-19)24(31)27-13-18-8-10-20(11-9-18)26(33)34/h3-7,12,15-16,18,20H,8-11,13-14H2,1-2H3,(H,27,31)(H,33,34). The molecular formula is C26H30N4O4. The number of pyridine rings is 1. The van der Waals surface area contributed by atoms with Gasteiger partial charge in [-0.2, -0.15) is 0 Å². The van der Waals surface area contributed by atoms with Gasteiger partial charge in [0.25, 0.3) is 11.5 Å². The lowest BCUT2D eigenvalue weighted by Crippen LogP contribution is -2.32. The molecule has 0 atom stereocenters. The number of carbonyl (C=O) groups excluding carboxylic acids is 1. The number of aromatic nitrogens is 3. The zero-order valence-corrected chi connectivity index (χ0v) is 19.5. The SMILES string of the molecule is Cc1cc(-c2nc(C(=O)NCC3CCC(C(=O)O)CC3)cn2Cc2ccccc2)cn(C)c1=O. The van der Waals surface area contributed by atoms with Gasteiger partial charge in [-0.1, -0.05) is 30.3 Å². The van der Waals surface area contributed by atoms with Crippen LogP contribution in [0.25, 0.3) is 11.4 Å². The van der Waals surface area contributed by atoms with Crippen LogP contribution in [0.3, 0.4) is 0 Å². The van der Waals surface area contributed by atoms with Gasteiger partial charge < -0.3 is 19.6 Å². The van der Waals surface area contributed by atoms with E-state index in [2.05, 4.69) is 10.3 Å². The average molecular weight is 463 g/mol. The number of benzene rings is 1. The topological polar surface area (TPSA) is 106 Å². The second-order valence-electron chi connectivity index (χ2n) is 9.16. The molecule has 8 heteroatoms. The van der Waals surface area contributed by atoms with Crippen molar-refractivity contribution in [1.29, 1.82) is 0 Å². The Bertz CT molecular complexity index is 1210. The van der Waals surface area contributed by atoms with Crippen molar-refractivity contribution in [3.8, 4) is 11.4 Å². The lowest BCUT2D eigenvalue weighted by atomic mass is 9.82. The van der Waals surface area contributed by atoms with E-state index >= 15 is 0 Å². The van der Waals surface area contributed by atoms with Gasteiger partial charge in [0, 0.05) is 43.7 Å². The van der Waals surface area contributed by atoms with Crippen molar-refractivity contribution < 1.29 is 14.7 Å². The number of amides is 1. The lowest BCUT2D eigenvalue weighted by molar-refractivity contribution is -0.143. The summed E-state index contributed by atoms with van der Waals surface area (Å²) in [6, 6.07) is 11.7. The van der Waals surface area contributed by atoms with Crippen molar-refractivity contribution in [2.75, 3.05) is 6.54 Å². The third-order valence-electron chi connectivity index (χ3n) is 6.57. The van der Waals surface area contributed by atoms with Gasteiger partial charge in [-0.05, 0) is 50.2 Å². The predicted molar refractivity (Wildman–Crippen MR) is 129 cm³/mol. The Morgan fingerprint density at radius 1 is 1.12 bits per heavy atom. The third kappa shape index (κ3) is 5.27. The predicted octanol–water partition coefficient (Wildman–Crippen LogP) is 3.23. The highest BCUT2D eigenvalue weighted by Gasteiger charge is 2.26. The molecule has 2 N–H and O–H groups in total. The van der Waals surface area contributed by atoms with Gasteiger partial charge in [0.2, 0.25) is 0 Å². The largest absolute Gasteiger partial charge is 0.481 e. The Hall–Kier alpha value is -3.68. The van der Waals surface area contributed by atoms with E-state index < -0.39 is 5.97 Å². The molecule has 4 rings (SSSR count). The summed E-state index contributed by atoms with van der Waals surface area (Å²) in [4.78, 5) is 40.9. The van der Waals surface area contributed by atoms with Crippen molar-refractivity contribution in [3.05, 3.63) is 76.0 Å². The zero-order valence-electron chi connectivity index (χ0n) is 19.5. The minimum Gasteiger partial charge on any atom is -0.481 e. The van der Waals surface area contributed by atoms with Crippen LogP contribution in [0.15, 0.2) is 53.6 Å². The smallest absolute Gasteiger partial charge is 0.306 e. The Labute approximate surface area is 198 Å². The fourth-order valence-corrected chi connectivity index (χ4v) is 4.60. The van der Waals surface area contributed by atoms with E-state index in [0.717, 1.165) is 24.0 Å². The van der Waals surface area contributed by atoms with Crippen LogP contribution in [-0.4, -0.2) is 37.6 Å². The van der Waals surface area contributed by atoms with E-state index in [9.17, 15) is 14.4 Å². The van der Waals surface area contributed by atoms with Crippen LogP contribution >= 0.6 is 0 Å². The first-order chi connectivity index (χ1) is 16.3. The lowest BCUT2D eigenvalue weighted by Gasteiger charge is -2.25. The van der Waals surface area contributed by atoms with E-state index in [0.29, 0.717) is 43.0 Å². The summed E-state index contributed by atoms with van der Waals surface area (Å²) < 4.78 is 3.46. The minimum absolute atomic E-state index is 0.0690. The molecule has 8 nitrogen and oxygen atoms in total. The Morgan fingerprint density at radius 2 is 1.82 bits per heavy atom. The molecule has 2 aromatic heterocycles. The maximum atomic E-state index is 13.0. The highest BCUT2D eigenvalue weighted by Crippen LogP contribution is 2.28. The number of nitrogens with zero attached hydrogens (tertiary/aromatic N) is 3. The molecule has 0 radical (unpaired) electrons. The number of imidazole rings is 1. The number of aryl methyl sites for hydroxylation is 2. The number of hydrogen-bond donors (Lipinski definition) is 2. The zero-order chi connectivity index (χ0) is 24.2. The summed E-state index contributed by atoms with van der Waals surface area (Å²) in [6.45, 7) is 2.81. The quantitative estimate of drug-likeness (QED) is 0.561. The molecule has 1 amide bonds. The van der Waals surface area contributed by atoms with E-state index in [1.807, 2.05) is 34.9 Å². The number of carboxylic acid groups (broad SMARTS) is 1. The second kappa shape index (κ2) is 10.1. The van der Waals surface area contributed by atoms with Crippen LogP contribution < -0.4 is 10.9 Å². The Balaban J connectivity index is 1.54. The molecule has 0 aliphatic heterocycles. The summed E-state index contributed by atoms with van der Waals surface area (Å²) in [5, 5.41) is 12.2. The molecule has 0 bridgehead atoms. The van der Waals surface area contributed by atoms with Crippen molar-refractivity contribution >= 4 is 11.9 Å². The van der Waals surface area contributed by atoms with Crippen molar-refractivity contribution in [2.45, 2.75) is 39.2 Å². The average Bonchev–Trinajstić information content (AvgIpc) is 3.25.